The number of carbonyl (C=O) groups excluding carboxylic acids is 1. The van der Waals surface area contributed by atoms with Crippen LogP contribution in [0.2, 0.25) is 0 Å². The van der Waals surface area contributed by atoms with Crippen molar-refractivity contribution in [2.24, 2.45) is 5.41 Å². The highest BCUT2D eigenvalue weighted by atomic mass is 16.2. The van der Waals surface area contributed by atoms with Gasteiger partial charge in [0.2, 0.25) is 5.91 Å². The van der Waals surface area contributed by atoms with Crippen molar-refractivity contribution in [1.29, 1.82) is 0 Å². The van der Waals surface area contributed by atoms with Crippen LogP contribution in [0.4, 0.5) is 0 Å². The predicted octanol–water partition coefficient (Wildman–Crippen LogP) is 1.73. The Bertz CT molecular complexity index is 273. The van der Waals surface area contributed by atoms with Gasteiger partial charge in [-0.15, -0.1) is 0 Å². The molecule has 0 radical (unpaired) electrons. The summed E-state index contributed by atoms with van der Waals surface area (Å²) in [6.07, 6.45) is 4.41. The van der Waals surface area contributed by atoms with Crippen molar-refractivity contribution in [2.45, 2.75) is 45.6 Å². The van der Waals surface area contributed by atoms with Crippen LogP contribution in [-0.4, -0.2) is 48.4 Å². The molecule has 2 atom stereocenters. The molecule has 2 fully saturated rings. The van der Waals surface area contributed by atoms with E-state index in [1.807, 2.05) is 0 Å². The van der Waals surface area contributed by atoms with E-state index in [1.165, 1.54) is 12.8 Å². The summed E-state index contributed by atoms with van der Waals surface area (Å²) in [7, 11) is 2.16. The monoisotopic (exact) mass is 224 g/mol. The number of hydrogen-bond donors (Lipinski definition) is 0. The lowest BCUT2D eigenvalue weighted by Gasteiger charge is -2.42. The summed E-state index contributed by atoms with van der Waals surface area (Å²) in [5.41, 5.74) is -0.101. The second kappa shape index (κ2) is 4.36. The number of nitrogens with zero attached hydrogens (tertiary/aromatic N) is 2. The van der Waals surface area contributed by atoms with Crippen molar-refractivity contribution in [3.05, 3.63) is 0 Å². The smallest absolute Gasteiger partial charge is 0.228 e. The van der Waals surface area contributed by atoms with Gasteiger partial charge < -0.3 is 9.80 Å². The van der Waals surface area contributed by atoms with Gasteiger partial charge in [0, 0.05) is 24.5 Å². The average Bonchev–Trinajstić information content (AvgIpc) is 2.76. The van der Waals surface area contributed by atoms with Crippen molar-refractivity contribution in [3.63, 3.8) is 0 Å². The standard InChI is InChI=1S/C13H24N2O/c1-11-10-13(2,6-9-14(11)3)12(16)15-7-4-5-8-15/h11H,4-10H2,1-3H3. The maximum absolute atomic E-state index is 12.5. The topological polar surface area (TPSA) is 23.6 Å². The zero-order valence-corrected chi connectivity index (χ0v) is 10.8. The number of amides is 1. The number of rotatable bonds is 1. The SMILES string of the molecule is CC1CC(C)(C(=O)N2CCCC2)CCN1C. The van der Waals surface area contributed by atoms with E-state index in [1.54, 1.807) is 0 Å². The van der Waals surface area contributed by atoms with Gasteiger partial charge in [-0.2, -0.15) is 0 Å². The van der Waals surface area contributed by atoms with E-state index in [9.17, 15) is 4.79 Å². The molecule has 2 heterocycles. The van der Waals surface area contributed by atoms with Crippen LogP contribution < -0.4 is 0 Å². The van der Waals surface area contributed by atoms with E-state index < -0.39 is 0 Å². The third kappa shape index (κ3) is 2.10. The first-order valence-corrected chi connectivity index (χ1v) is 6.52. The maximum atomic E-state index is 12.5. The quantitative estimate of drug-likeness (QED) is 0.677. The molecule has 0 saturated carbocycles. The number of carbonyl (C=O) groups is 1. The van der Waals surface area contributed by atoms with Gasteiger partial charge in [0.05, 0.1) is 0 Å². The Morgan fingerprint density at radius 2 is 1.88 bits per heavy atom. The molecule has 0 aromatic heterocycles. The van der Waals surface area contributed by atoms with E-state index in [0.717, 1.165) is 32.5 Å². The van der Waals surface area contributed by atoms with Gasteiger partial charge in [-0.3, -0.25) is 4.79 Å². The highest BCUT2D eigenvalue weighted by Gasteiger charge is 2.41. The van der Waals surface area contributed by atoms with E-state index in [0.29, 0.717) is 11.9 Å². The Morgan fingerprint density at radius 3 is 2.44 bits per heavy atom. The molecule has 3 heteroatoms. The van der Waals surface area contributed by atoms with Crippen LogP contribution in [0.25, 0.3) is 0 Å². The number of piperidine rings is 1. The zero-order valence-electron chi connectivity index (χ0n) is 10.8. The molecule has 2 rings (SSSR count). The van der Waals surface area contributed by atoms with E-state index in [4.69, 9.17) is 0 Å². The fraction of sp³-hybridized carbons (Fsp3) is 0.923. The van der Waals surface area contributed by atoms with E-state index >= 15 is 0 Å². The van der Waals surface area contributed by atoms with Crippen LogP contribution in [0, 0.1) is 5.41 Å². The Labute approximate surface area is 98.8 Å². The van der Waals surface area contributed by atoms with Crippen molar-refractivity contribution in [2.75, 3.05) is 26.7 Å². The van der Waals surface area contributed by atoms with Crippen molar-refractivity contribution in [1.82, 2.24) is 9.80 Å². The summed E-state index contributed by atoms with van der Waals surface area (Å²) in [5, 5.41) is 0. The van der Waals surface area contributed by atoms with Gasteiger partial charge in [-0.05, 0) is 46.2 Å². The summed E-state index contributed by atoms with van der Waals surface area (Å²) >= 11 is 0. The summed E-state index contributed by atoms with van der Waals surface area (Å²) in [5.74, 6) is 0.407. The molecule has 2 saturated heterocycles. The fourth-order valence-corrected chi connectivity index (χ4v) is 3.05. The minimum atomic E-state index is -0.101. The summed E-state index contributed by atoms with van der Waals surface area (Å²) < 4.78 is 0. The second-order valence-electron chi connectivity index (χ2n) is 5.84. The Kier molecular flexibility index (Phi) is 3.24. The van der Waals surface area contributed by atoms with Crippen LogP contribution in [0.15, 0.2) is 0 Å². The van der Waals surface area contributed by atoms with Gasteiger partial charge in [-0.25, -0.2) is 0 Å². The van der Waals surface area contributed by atoms with Gasteiger partial charge in [0.1, 0.15) is 0 Å². The average molecular weight is 224 g/mol. The van der Waals surface area contributed by atoms with Crippen LogP contribution in [0.1, 0.15) is 39.5 Å². The molecule has 2 aliphatic heterocycles. The molecule has 2 aliphatic rings. The first kappa shape index (κ1) is 11.9. The Balaban J connectivity index is 2.03. The molecular formula is C13H24N2O. The lowest BCUT2D eigenvalue weighted by Crippen LogP contribution is -2.50. The highest BCUT2D eigenvalue weighted by Crippen LogP contribution is 2.36. The lowest BCUT2D eigenvalue weighted by atomic mass is 9.76. The molecule has 0 bridgehead atoms. The van der Waals surface area contributed by atoms with Crippen molar-refractivity contribution < 1.29 is 4.79 Å². The summed E-state index contributed by atoms with van der Waals surface area (Å²) in [4.78, 5) is 16.9. The highest BCUT2D eigenvalue weighted by molar-refractivity contribution is 5.82. The number of likely N-dealkylation sites (tertiary alicyclic amines) is 2. The lowest BCUT2D eigenvalue weighted by molar-refractivity contribution is -0.143. The van der Waals surface area contributed by atoms with Gasteiger partial charge >= 0.3 is 0 Å². The van der Waals surface area contributed by atoms with Gasteiger partial charge in [0.25, 0.3) is 0 Å². The Hall–Kier alpha value is -0.570. The molecule has 92 valence electrons. The van der Waals surface area contributed by atoms with Gasteiger partial charge in [0.15, 0.2) is 0 Å². The molecule has 0 N–H and O–H groups in total. The predicted molar refractivity (Wildman–Crippen MR) is 65.2 cm³/mol. The third-order valence-electron chi connectivity index (χ3n) is 4.42. The normalized spacial score (nSPS) is 36.7. The second-order valence-corrected chi connectivity index (χ2v) is 5.84. The van der Waals surface area contributed by atoms with E-state index in [2.05, 4.69) is 30.7 Å². The molecule has 0 aromatic carbocycles. The van der Waals surface area contributed by atoms with Crippen molar-refractivity contribution >= 4 is 5.91 Å². The minimum absolute atomic E-state index is 0.101. The van der Waals surface area contributed by atoms with Gasteiger partial charge in [-0.1, -0.05) is 6.92 Å². The molecule has 1 amide bonds. The minimum Gasteiger partial charge on any atom is -0.342 e. The molecule has 16 heavy (non-hydrogen) atoms. The maximum Gasteiger partial charge on any atom is 0.228 e. The third-order valence-corrected chi connectivity index (χ3v) is 4.42. The molecule has 0 aromatic rings. The van der Waals surface area contributed by atoms with Crippen molar-refractivity contribution in [3.8, 4) is 0 Å². The molecule has 3 nitrogen and oxygen atoms in total. The first-order chi connectivity index (χ1) is 7.53. The molecular weight excluding hydrogens is 200 g/mol. The van der Waals surface area contributed by atoms with E-state index in [-0.39, 0.29) is 5.41 Å². The fourth-order valence-electron chi connectivity index (χ4n) is 3.05. The molecule has 0 spiro atoms. The van der Waals surface area contributed by atoms with Crippen LogP contribution in [0.5, 0.6) is 0 Å². The van der Waals surface area contributed by atoms with Crippen LogP contribution in [0.3, 0.4) is 0 Å². The largest absolute Gasteiger partial charge is 0.342 e. The summed E-state index contributed by atoms with van der Waals surface area (Å²) in [6, 6.07) is 0.533. The molecule has 2 unspecified atom stereocenters. The zero-order chi connectivity index (χ0) is 11.8. The van der Waals surface area contributed by atoms with Crippen LogP contribution >= 0.6 is 0 Å². The molecule has 0 aliphatic carbocycles. The summed E-state index contributed by atoms with van der Waals surface area (Å²) in [6.45, 7) is 7.42. The number of hydrogen-bond acceptors (Lipinski definition) is 2. The van der Waals surface area contributed by atoms with Crippen LogP contribution in [-0.2, 0) is 4.79 Å². The first-order valence-electron chi connectivity index (χ1n) is 6.52. The Morgan fingerprint density at radius 1 is 1.25 bits per heavy atom.